The number of hydrogen-bond donors (Lipinski definition) is 0. The van der Waals surface area contributed by atoms with Crippen molar-refractivity contribution in [1.29, 1.82) is 0 Å². The van der Waals surface area contributed by atoms with Gasteiger partial charge in [0.25, 0.3) is 0 Å². The summed E-state index contributed by atoms with van der Waals surface area (Å²) in [4.78, 5) is 0. The number of rotatable bonds is 4. The first kappa shape index (κ1) is 24.8. The minimum atomic E-state index is -3.13. The van der Waals surface area contributed by atoms with Crippen molar-refractivity contribution in [3.8, 4) is 0 Å². The Morgan fingerprint density at radius 1 is 0.613 bits per heavy atom. The van der Waals surface area contributed by atoms with E-state index in [0.29, 0.717) is 0 Å². The van der Waals surface area contributed by atoms with Gasteiger partial charge in [0.15, 0.2) is 0 Å². The molecule has 0 atom stereocenters. The summed E-state index contributed by atoms with van der Waals surface area (Å²) in [6.07, 6.45) is 7.32. The van der Waals surface area contributed by atoms with Crippen LogP contribution in [0.1, 0.15) is 48.9 Å². The Bertz CT molecular complexity index is 1120. The predicted molar refractivity (Wildman–Crippen MR) is 140 cm³/mol. The van der Waals surface area contributed by atoms with E-state index in [2.05, 4.69) is 97.6 Å². The van der Waals surface area contributed by atoms with Gasteiger partial charge in [0.05, 0.1) is 0 Å². The van der Waals surface area contributed by atoms with Crippen LogP contribution in [0.5, 0.6) is 0 Å². The maximum atomic E-state index is 2.71. The van der Waals surface area contributed by atoms with Crippen molar-refractivity contribution in [3.05, 3.63) is 101 Å². The fraction of sp³-hybridized carbons (Fsp3) is 0.286. The molecular weight excluding hydrogens is 536 g/mol. The van der Waals surface area contributed by atoms with Crippen molar-refractivity contribution in [2.75, 3.05) is 0 Å². The van der Waals surface area contributed by atoms with Crippen LogP contribution in [-0.2, 0) is 15.7 Å². The first-order valence-electron chi connectivity index (χ1n) is 11.1. The Balaban J connectivity index is 0.00000272. The summed E-state index contributed by atoms with van der Waals surface area (Å²) in [5.74, 6) is 0. The van der Waals surface area contributed by atoms with Crippen LogP contribution in [0.2, 0.25) is 9.26 Å². The van der Waals surface area contributed by atoms with Gasteiger partial charge in [0.2, 0.25) is 0 Å². The van der Waals surface area contributed by atoms with Gasteiger partial charge in [-0.3, -0.25) is 0 Å². The van der Waals surface area contributed by atoms with Crippen LogP contribution >= 0.6 is 12.4 Å². The van der Waals surface area contributed by atoms with Gasteiger partial charge in [-0.2, -0.15) is 0 Å². The molecule has 2 aliphatic rings. The summed E-state index contributed by atoms with van der Waals surface area (Å²) in [6, 6.07) is 18.2. The molecule has 0 spiro atoms. The number of aryl methyl sites for hydroxylation is 2. The van der Waals surface area contributed by atoms with E-state index in [4.69, 9.17) is 0 Å². The SMILES string of the molecule is CC1=[C]([Zr]([CH3])([CH3])(=[GeH2])[C]2=C(C)C(c3ccc(C)cc3)=CC2)CC=C1c1ccc(C)cc1.Cl. The maximum Gasteiger partial charge on any atom is -0.147 e. The van der Waals surface area contributed by atoms with E-state index in [0.717, 1.165) is 12.8 Å². The second kappa shape index (κ2) is 8.81. The first-order valence-corrected chi connectivity index (χ1v) is 29.0. The molecule has 0 N–H and O–H groups in total. The smallest absolute Gasteiger partial charge is 0.147 e. The molecule has 31 heavy (non-hydrogen) atoms. The molecule has 2 aliphatic carbocycles. The molecule has 0 radical (unpaired) electrons. The quantitative estimate of drug-likeness (QED) is 0.328. The van der Waals surface area contributed by atoms with E-state index >= 15 is 0 Å². The normalized spacial score (nSPS) is 17.0. The third kappa shape index (κ3) is 4.48. The van der Waals surface area contributed by atoms with Crippen molar-refractivity contribution in [3.63, 3.8) is 0 Å². The molecule has 0 saturated heterocycles. The zero-order valence-corrected chi connectivity index (χ0v) is 26.0. The van der Waals surface area contributed by atoms with Crippen LogP contribution in [0.15, 0.2) is 78.4 Å². The van der Waals surface area contributed by atoms with E-state index in [9.17, 15) is 0 Å². The van der Waals surface area contributed by atoms with Crippen LogP contribution < -0.4 is 0 Å². The number of benzene rings is 2. The Hall–Kier alpha value is -0.884. The fourth-order valence-corrected chi connectivity index (χ4v) is 26.9. The van der Waals surface area contributed by atoms with E-state index in [1.807, 2.05) is 6.56 Å². The molecule has 0 heterocycles. The Morgan fingerprint density at radius 3 is 1.26 bits per heavy atom. The van der Waals surface area contributed by atoms with E-state index in [-0.39, 0.29) is 12.4 Å². The average molecular weight is 571 g/mol. The molecule has 0 amide bonds. The predicted octanol–water partition coefficient (Wildman–Crippen LogP) is 7.88. The third-order valence-electron chi connectivity index (χ3n) is 7.39. The van der Waals surface area contributed by atoms with Crippen LogP contribution in [0.3, 0.4) is 0 Å². The molecule has 2 aromatic rings. The van der Waals surface area contributed by atoms with Gasteiger partial charge in [-0.15, -0.1) is 12.4 Å². The second-order valence-electron chi connectivity index (χ2n) is 10.3. The Labute approximate surface area is 200 Å². The summed E-state index contributed by atoms with van der Waals surface area (Å²) in [5, 5.41) is 0. The standard InChI is InChI=1S/2C13H13.2CH3.ClH.GeH2.Zr/c2*1-10-6-8-12(9-7-10)13-5-3-4-11(13)2;;;;;/h2*5-9H,3H2,1-2H3;2*1H3;1H;1H2;. The van der Waals surface area contributed by atoms with Crippen molar-refractivity contribution in [2.45, 2.75) is 49.8 Å². The molecule has 0 aromatic heterocycles. The first-order chi connectivity index (χ1) is 14.1. The molecule has 0 bridgehead atoms. The number of allylic oxidation sites excluding steroid dienone is 8. The maximum absolute atomic E-state index is 3.13. The van der Waals surface area contributed by atoms with Crippen LogP contribution in [0, 0.1) is 13.8 Å². The third-order valence-corrected chi connectivity index (χ3v) is 30.4. The molecule has 0 aliphatic heterocycles. The van der Waals surface area contributed by atoms with Gasteiger partial charge in [-0.25, -0.2) is 0 Å². The van der Waals surface area contributed by atoms with Gasteiger partial charge in [0, 0.05) is 0 Å². The zero-order valence-electron chi connectivity index (χ0n) is 19.8. The van der Waals surface area contributed by atoms with Crippen LogP contribution in [-0.4, -0.2) is 12.1 Å². The summed E-state index contributed by atoms with van der Waals surface area (Å²) in [6.45, 7) is 9.12. The minimum Gasteiger partial charge on any atom is -0.147 e. The summed E-state index contributed by atoms with van der Waals surface area (Å²) >= 11 is -1.69. The van der Waals surface area contributed by atoms with E-state index < -0.39 is 15.7 Å². The van der Waals surface area contributed by atoms with Crippen molar-refractivity contribution in [2.24, 2.45) is 0 Å². The van der Waals surface area contributed by atoms with Crippen molar-refractivity contribution < 1.29 is 15.7 Å². The van der Waals surface area contributed by atoms with E-state index in [1.165, 1.54) is 45.5 Å². The molecule has 4 rings (SSSR count). The van der Waals surface area contributed by atoms with Gasteiger partial charge >= 0.3 is 189 Å². The van der Waals surface area contributed by atoms with Gasteiger partial charge in [-0.1, -0.05) is 0 Å². The van der Waals surface area contributed by atoms with Crippen molar-refractivity contribution >= 4 is 35.7 Å². The molecule has 0 nitrogen and oxygen atoms in total. The molecule has 162 valence electrons. The van der Waals surface area contributed by atoms with Gasteiger partial charge in [-0.05, 0) is 0 Å². The van der Waals surface area contributed by atoms with Crippen LogP contribution in [0.4, 0.5) is 0 Å². The summed E-state index contributed by atoms with van der Waals surface area (Å²) in [7, 11) is 0. The molecule has 0 fully saturated rings. The van der Waals surface area contributed by atoms with E-state index in [1.54, 1.807) is 11.1 Å². The number of halogens is 1. The summed E-state index contributed by atoms with van der Waals surface area (Å²) < 4.78 is 9.05. The topological polar surface area (TPSA) is 0 Å². The fourth-order valence-electron chi connectivity index (χ4n) is 5.52. The molecular formula is C28H35ClGeZr. The van der Waals surface area contributed by atoms with Gasteiger partial charge < -0.3 is 0 Å². The minimum absolute atomic E-state index is 0. The number of hydrogen-bond acceptors (Lipinski definition) is 0. The van der Waals surface area contributed by atoms with Crippen molar-refractivity contribution in [1.82, 2.24) is 0 Å². The Morgan fingerprint density at radius 2 is 0.935 bits per heavy atom. The average Bonchev–Trinajstić information content (AvgIpc) is 3.27. The van der Waals surface area contributed by atoms with Crippen LogP contribution in [0.25, 0.3) is 11.1 Å². The summed E-state index contributed by atoms with van der Waals surface area (Å²) in [5.41, 5.74) is 11.5. The molecule has 2 aromatic carbocycles. The van der Waals surface area contributed by atoms with Gasteiger partial charge in [0.1, 0.15) is 0 Å². The monoisotopic (exact) mass is 570 g/mol. The largest absolute Gasteiger partial charge is 0.147 e. The molecule has 0 saturated carbocycles. The zero-order chi connectivity index (χ0) is 21.7. The Kier molecular flexibility index (Phi) is 7.03. The molecule has 3 heteroatoms. The second-order valence-corrected chi connectivity index (χ2v) is 52.8. The molecule has 0 unspecified atom stereocenters.